The molecule has 1 aromatic heterocycles. The highest BCUT2D eigenvalue weighted by atomic mass is 14.8. The van der Waals surface area contributed by atoms with E-state index in [0.717, 1.165) is 24.4 Å². The smallest absolute Gasteiger partial charge is 0.0647 e. The van der Waals surface area contributed by atoms with Crippen molar-refractivity contribution < 1.29 is 0 Å². The fourth-order valence-electron chi connectivity index (χ4n) is 1.03. The lowest BCUT2D eigenvalue weighted by atomic mass is 10.3. The van der Waals surface area contributed by atoms with E-state index in [1.807, 2.05) is 37.4 Å². The van der Waals surface area contributed by atoms with Crippen LogP contribution in [0.5, 0.6) is 0 Å². The van der Waals surface area contributed by atoms with Gasteiger partial charge in [-0.05, 0) is 37.8 Å². The third kappa shape index (κ3) is 3.74. The lowest BCUT2D eigenvalue weighted by Gasteiger charge is -1.96. The predicted octanol–water partition coefficient (Wildman–Crippen LogP) is 2.36. The number of nitrogens with zero attached hydrogens (tertiary/aromatic N) is 1. The number of hydrogen-bond donors (Lipinski definition) is 1. The molecule has 0 fully saturated rings. The summed E-state index contributed by atoms with van der Waals surface area (Å²) in [7, 11) is 0. The first-order chi connectivity index (χ1) is 6.33. The van der Waals surface area contributed by atoms with Crippen molar-refractivity contribution in [3.63, 3.8) is 0 Å². The Morgan fingerprint density at radius 3 is 3.00 bits per heavy atom. The minimum Gasteiger partial charge on any atom is -0.391 e. The van der Waals surface area contributed by atoms with Gasteiger partial charge in [-0.25, -0.2) is 0 Å². The standard InChI is InChI=1S/C11H16N2/c1-3-8-12-9-7-11-6-4-5-10(2)13-11/h4-7,9,12H,3,8H2,1-2H3/b9-7+. The molecular formula is C11H16N2. The largest absolute Gasteiger partial charge is 0.391 e. The summed E-state index contributed by atoms with van der Waals surface area (Å²) in [4.78, 5) is 4.34. The zero-order valence-electron chi connectivity index (χ0n) is 8.25. The second kappa shape index (κ2) is 5.36. The summed E-state index contributed by atoms with van der Waals surface area (Å²) in [5.74, 6) is 0. The van der Waals surface area contributed by atoms with Crippen LogP contribution >= 0.6 is 0 Å². The second-order valence-electron chi connectivity index (χ2n) is 2.99. The summed E-state index contributed by atoms with van der Waals surface area (Å²) in [5.41, 5.74) is 2.06. The van der Waals surface area contributed by atoms with Gasteiger partial charge in [-0.2, -0.15) is 0 Å². The quantitative estimate of drug-likeness (QED) is 0.712. The lowest BCUT2D eigenvalue weighted by molar-refractivity contribution is 0.812. The molecule has 0 saturated heterocycles. The van der Waals surface area contributed by atoms with Gasteiger partial charge < -0.3 is 5.32 Å². The highest BCUT2D eigenvalue weighted by molar-refractivity contribution is 5.43. The van der Waals surface area contributed by atoms with E-state index in [1.54, 1.807) is 0 Å². The van der Waals surface area contributed by atoms with Gasteiger partial charge in [-0.1, -0.05) is 13.0 Å². The molecule has 13 heavy (non-hydrogen) atoms. The molecule has 0 bridgehead atoms. The van der Waals surface area contributed by atoms with E-state index in [2.05, 4.69) is 17.2 Å². The van der Waals surface area contributed by atoms with Gasteiger partial charge in [0.2, 0.25) is 0 Å². The minimum atomic E-state index is 1.00. The summed E-state index contributed by atoms with van der Waals surface area (Å²) in [5, 5.41) is 3.18. The zero-order valence-corrected chi connectivity index (χ0v) is 8.25. The highest BCUT2D eigenvalue weighted by Crippen LogP contribution is 1.99. The summed E-state index contributed by atoms with van der Waals surface area (Å²) in [6, 6.07) is 6.01. The van der Waals surface area contributed by atoms with Gasteiger partial charge in [0.15, 0.2) is 0 Å². The molecule has 0 aliphatic heterocycles. The van der Waals surface area contributed by atoms with Crippen LogP contribution in [0.25, 0.3) is 6.08 Å². The molecule has 1 N–H and O–H groups in total. The molecule has 70 valence electrons. The SMILES string of the molecule is CCCN/C=C/c1cccc(C)n1. The first-order valence-electron chi connectivity index (χ1n) is 4.66. The fourth-order valence-corrected chi connectivity index (χ4v) is 1.03. The third-order valence-electron chi connectivity index (χ3n) is 1.68. The van der Waals surface area contributed by atoms with Gasteiger partial charge in [-0.15, -0.1) is 0 Å². The number of nitrogens with one attached hydrogen (secondary N) is 1. The average Bonchev–Trinajstić information content (AvgIpc) is 2.13. The van der Waals surface area contributed by atoms with Crippen molar-refractivity contribution in [2.45, 2.75) is 20.3 Å². The maximum absolute atomic E-state index is 4.34. The maximum Gasteiger partial charge on any atom is 0.0647 e. The second-order valence-corrected chi connectivity index (χ2v) is 2.99. The number of aromatic nitrogens is 1. The summed E-state index contributed by atoms with van der Waals surface area (Å²) >= 11 is 0. The molecule has 0 spiro atoms. The molecule has 1 heterocycles. The number of rotatable bonds is 4. The lowest BCUT2D eigenvalue weighted by Crippen LogP contribution is -2.04. The molecular weight excluding hydrogens is 160 g/mol. The van der Waals surface area contributed by atoms with E-state index in [1.165, 1.54) is 0 Å². The van der Waals surface area contributed by atoms with Crippen molar-refractivity contribution in [2.24, 2.45) is 0 Å². The molecule has 1 aromatic rings. The van der Waals surface area contributed by atoms with Crippen LogP contribution in [-0.2, 0) is 0 Å². The van der Waals surface area contributed by atoms with E-state index in [0.29, 0.717) is 0 Å². The number of hydrogen-bond acceptors (Lipinski definition) is 2. The molecule has 0 atom stereocenters. The van der Waals surface area contributed by atoms with Crippen molar-refractivity contribution in [1.29, 1.82) is 0 Å². The minimum absolute atomic E-state index is 1.00. The van der Waals surface area contributed by atoms with Crippen molar-refractivity contribution in [3.05, 3.63) is 35.8 Å². The third-order valence-corrected chi connectivity index (χ3v) is 1.68. The molecule has 2 heteroatoms. The number of pyridine rings is 1. The molecule has 0 amide bonds. The molecule has 0 aliphatic rings. The monoisotopic (exact) mass is 176 g/mol. The van der Waals surface area contributed by atoms with E-state index in [4.69, 9.17) is 0 Å². The summed E-state index contributed by atoms with van der Waals surface area (Å²) in [6.07, 6.45) is 5.08. The molecule has 0 aliphatic carbocycles. The fraction of sp³-hybridized carbons (Fsp3) is 0.364. The van der Waals surface area contributed by atoms with Crippen LogP contribution in [-0.4, -0.2) is 11.5 Å². The average molecular weight is 176 g/mol. The Morgan fingerprint density at radius 2 is 2.31 bits per heavy atom. The molecule has 2 nitrogen and oxygen atoms in total. The van der Waals surface area contributed by atoms with Gasteiger partial charge in [-0.3, -0.25) is 4.98 Å². The maximum atomic E-state index is 4.34. The topological polar surface area (TPSA) is 24.9 Å². The van der Waals surface area contributed by atoms with Crippen molar-refractivity contribution in [1.82, 2.24) is 10.3 Å². The van der Waals surface area contributed by atoms with Gasteiger partial charge in [0.25, 0.3) is 0 Å². The van der Waals surface area contributed by atoms with Crippen LogP contribution in [0.1, 0.15) is 24.7 Å². The predicted molar refractivity (Wildman–Crippen MR) is 56.3 cm³/mol. The van der Waals surface area contributed by atoms with Gasteiger partial charge in [0.1, 0.15) is 0 Å². The van der Waals surface area contributed by atoms with Crippen LogP contribution < -0.4 is 5.32 Å². The highest BCUT2D eigenvalue weighted by Gasteiger charge is 1.87. The van der Waals surface area contributed by atoms with Crippen LogP contribution in [0.3, 0.4) is 0 Å². The Balaban J connectivity index is 2.48. The Hall–Kier alpha value is -1.31. The van der Waals surface area contributed by atoms with E-state index in [-0.39, 0.29) is 0 Å². The molecule has 0 aromatic carbocycles. The van der Waals surface area contributed by atoms with Crippen molar-refractivity contribution in [2.75, 3.05) is 6.54 Å². The number of aryl methyl sites for hydroxylation is 1. The van der Waals surface area contributed by atoms with E-state index in [9.17, 15) is 0 Å². The van der Waals surface area contributed by atoms with Gasteiger partial charge in [0, 0.05) is 12.2 Å². The Labute approximate surface area is 79.7 Å². The van der Waals surface area contributed by atoms with Crippen LogP contribution in [0, 0.1) is 6.92 Å². The van der Waals surface area contributed by atoms with E-state index < -0.39 is 0 Å². The normalized spacial score (nSPS) is 10.6. The first-order valence-corrected chi connectivity index (χ1v) is 4.66. The molecule has 0 saturated carbocycles. The Kier molecular flexibility index (Phi) is 4.03. The van der Waals surface area contributed by atoms with E-state index >= 15 is 0 Å². The summed E-state index contributed by atoms with van der Waals surface area (Å²) < 4.78 is 0. The molecule has 0 radical (unpaired) electrons. The molecule has 0 unspecified atom stereocenters. The first kappa shape index (κ1) is 9.78. The van der Waals surface area contributed by atoms with Crippen LogP contribution in [0.4, 0.5) is 0 Å². The Bertz CT molecular complexity index is 279. The Morgan fingerprint density at radius 1 is 1.46 bits per heavy atom. The zero-order chi connectivity index (χ0) is 9.52. The van der Waals surface area contributed by atoms with Crippen LogP contribution in [0.15, 0.2) is 24.4 Å². The molecule has 1 rings (SSSR count). The van der Waals surface area contributed by atoms with Gasteiger partial charge in [0.05, 0.1) is 5.69 Å². The van der Waals surface area contributed by atoms with Crippen molar-refractivity contribution in [3.8, 4) is 0 Å². The van der Waals surface area contributed by atoms with Gasteiger partial charge >= 0.3 is 0 Å². The van der Waals surface area contributed by atoms with Crippen LogP contribution in [0.2, 0.25) is 0 Å². The van der Waals surface area contributed by atoms with Crippen molar-refractivity contribution >= 4 is 6.08 Å². The summed E-state index contributed by atoms with van der Waals surface area (Å²) in [6.45, 7) is 5.16.